The van der Waals surface area contributed by atoms with Crippen LogP contribution in [-0.4, -0.2) is 62.2 Å². The second-order valence-corrected chi connectivity index (χ2v) is 7.80. The summed E-state index contributed by atoms with van der Waals surface area (Å²) in [5.74, 6) is 0.940. The molecule has 2 fully saturated rings. The third kappa shape index (κ3) is 4.71. The molecule has 1 heterocycles. The Labute approximate surface area is 126 Å². The van der Waals surface area contributed by atoms with E-state index in [1.807, 2.05) is 0 Å². The molecule has 1 aliphatic heterocycles. The summed E-state index contributed by atoms with van der Waals surface area (Å²) in [4.78, 5) is 5.18. The zero-order valence-electron chi connectivity index (χ0n) is 14.1. The molecule has 3 heteroatoms. The molecule has 0 unspecified atom stereocenters. The molecule has 0 aromatic carbocycles. The maximum atomic E-state index is 3.73. The smallest absolute Gasteiger partial charge is 0.0110 e. The molecule has 0 aromatic heterocycles. The molecule has 2 rings (SSSR count). The van der Waals surface area contributed by atoms with Gasteiger partial charge in [-0.05, 0) is 31.2 Å². The van der Waals surface area contributed by atoms with Gasteiger partial charge in [-0.15, -0.1) is 0 Å². The van der Waals surface area contributed by atoms with E-state index in [4.69, 9.17) is 0 Å². The summed E-state index contributed by atoms with van der Waals surface area (Å²) in [5.41, 5.74) is 0.534. The molecule has 1 aliphatic carbocycles. The van der Waals surface area contributed by atoms with Crippen LogP contribution in [0, 0.1) is 11.3 Å². The van der Waals surface area contributed by atoms with Gasteiger partial charge >= 0.3 is 0 Å². The third-order valence-corrected chi connectivity index (χ3v) is 5.38. The van der Waals surface area contributed by atoms with Crippen LogP contribution in [0.1, 0.15) is 46.5 Å². The van der Waals surface area contributed by atoms with Gasteiger partial charge in [0, 0.05) is 45.3 Å². The second kappa shape index (κ2) is 7.24. The van der Waals surface area contributed by atoms with Crippen molar-refractivity contribution in [1.82, 2.24) is 15.1 Å². The average molecular weight is 281 g/mol. The Morgan fingerprint density at radius 2 is 1.70 bits per heavy atom. The molecule has 1 saturated heterocycles. The molecule has 1 saturated carbocycles. The van der Waals surface area contributed by atoms with E-state index in [0.29, 0.717) is 11.5 Å². The van der Waals surface area contributed by atoms with E-state index in [2.05, 4.69) is 42.9 Å². The van der Waals surface area contributed by atoms with Crippen LogP contribution in [0.5, 0.6) is 0 Å². The van der Waals surface area contributed by atoms with Crippen molar-refractivity contribution in [2.75, 3.05) is 46.3 Å². The zero-order valence-corrected chi connectivity index (χ0v) is 14.1. The summed E-state index contributed by atoms with van der Waals surface area (Å²) in [7, 11) is 2.25. The summed E-state index contributed by atoms with van der Waals surface area (Å²) in [6, 6.07) is 0.610. The molecule has 118 valence electrons. The minimum Gasteiger partial charge on any atom is -0.314 e. The van der Waals surface area contributed by atoms with Gasteiger partial charge in [-0.3, -0.25) is 0 Å². The number of hydrogen-bond acceptors (Lipinski definition) is 3. The Balaban J connectivity index is 1.91. The van der Waals surface area contributed by atoms with E-state index in [9.17, 15) is 0 Å². The maximum absolute atomic E-state index is 3.73. The normalized spacial score (nSPS) is 33.8. The molecule has 0 aromatic rings. The van der Waals surface area contributed by atoms with Crippen molar-refractivity contribution >= 4 is 0 Å². The number of nitrogens with one attached hydrogen (secondary N) is 1. The fourth-order valence-corrected chi connectivity index (χ4v) is 3.67. The molecule has 0 spiro atoms. The Morgan fingerprint density at radius 3 is 2.25 bits per heavy atom. The highest BCUT2D eigenvalue weighted by atomic mass is 15.2. The van der Waals surface area contributed by atoms with E-state index in [1.165, 1.54) is 65.0 Å². The number of nitrogens with zero attached hydrogens (tertiary/aromatic N) is 2. The minimum atomic E-state index is 0.534. The lowest BCUT2D eigenvalue weighted by molar-refractivity contribution is 0.0582. The molecule has 0 radical (unpaired) electrons. The van der Waals surface area contributed by atoms with Gasteiger partial charge < -0.3 is 15.1 Å². The summed E-state index contributed by atoms with van der Waals surface area (Å²) in [5, 5.41) is 3.73. The van der Waals surface area contributed by atoms with Crippen LogP contribution >= 0.6 is 0 Å². The van der Waals surface area contributed by atoms with Crippen molar-refractivity contribution in [3.8, 4) is 0 Å². The fourth-order valence-electron chi connectivity index (χ4n) is 3.67. The van der Waals surface area contributed by atoms with E-state index in [-0.39, 0.29) is 0 Å². The highest BCUT2D eigenvalue weighted by molar-refractivity contribution is 4.90. The van der Waals surface area contributed by atoms with Crippen LogP contribution in [0.25, 0.3) is 0 Å². The lowest BCUT2D eigenvalue weighted by Crippen LogP contribution is -2.52. The first-order valence-electron chi connectivity index (χ1n) is 8.63. The summed E-state index contributed by atoms with van der Waals surface area (Å²) < 4.78 is 0. The topological polar surface area (TPSA) is 18.5 Å². The van der Waals surface area contributed by atoms with Crippen LogP contribution in [0.4, 0.5) is 0 Å². The van der Waals surface area contributed by atoms with Gasteiger partial charge in [0.1, 0.15) is 0 Å². The lowest BCUT2D eigenvalue weighted by atomic mass is 9.70. The Hall–Kier alpha value is -0.120. The first-order chi connectivity index (χ1) is 9.49. The Bertz CT molecular complexity index is 274. The van der Waals surface area contributed by atoms with Gasteiger partial charge in [-0.25, -0.2) is 0 Å². The van der Waals surface area contributed by atoms with Gasteiger partial charge in [0.25, 0.3) is 0 Å². The highest BCUT2D eigenvalue weighted by Crippen LogP contribution is 2.39. The van der Waals surface area contributed by atoms with E-state index >= 15 is 0 Å². The number of hydrogen-bond donors (Lipinski definition) is 1. The number of likely N-dealkylation sites (N-methyl/N-ethyl adjacent to an activating group) is 1. The van der Waals surface area contributed by atoms with Crippen molar-refractivity contribution in [2.24, 2.45) is 11.3 Å². The first kappa shape index (κ1) is 16.3. The molecule has 3 nitrogen and oxygen atoms in total. The van der Waals surface area contributed by atoms with Crippen molar-refractivity contribution in [1.29, 1.82) is 0 Å². The monoisotopic (exact) mass is 281 g/mol. The third-order valence-electron chi connectivity index (χ3n) is 5.38. The van der Waals surface area contributed by atoms with Crippen molar-refractivity contribution in [3.05, 3.63) is 0 Å². The lowest BCUT2D eigenvalue weighted by Gasteiger charge is -2.45. The molecule has 0 atom stereocenters. The zero-order chi connectivity index (χ0) is 14.6. The van der Waals surface area contributed by atoms with Crippen molar-refractivity contribution in [3.63, 3.8) is 0 Å². The van der Waals surface area contributed by atoms with Crippen molar-refractivity contribution < 1.29 is 0 Å². The van der Waals surface area contributed by atoms with Crippen LogP contribution in [-0.2, 0) is 0 Å². The molecular weight excluding hydrogens is 246 g/mol. The van der Waals surface area contributed by atoms with Crippen LogP contribution in [0.3, 0.4) is 0 Å². The van der Waals surface area contributed by atoms with E-state index in [0.717, 1.165) is 5.92 Å². The summed E-state index contributed by atoms with van der Waals surface area (Å²) >= 11 is 0. The van der Waals surface area contributed by atoms with Crippen LogP contribution < -0.4 is 5.32 Å². The first-order valence-corrected chi connectivity index (χ1v) is 8.63. The molecule has 1 N–H and O–H groups in total. The van der Waals surface area contributed by atoms with Crippen LogP contribution in [0.15, 0.2) is 0 Å². The predicted octanol–water partition coefficient (Wildman–Crippen LogP) is 2.43. The van der Waals surface area contributed by atoms with Gasteiger partial charge in [-0.2, -0.15) is 0 Å². The van der Waals surface area contributed by atoms with Gasteiger partial charge in [0.2, 0.25) is 0 Å². The standard InChI is InChI=1S/C17H35N3/c1-15(2)18-13-17(7-5-16(3)6-8-17)14-20-11-9-19(4)10-12-20/h15-16,18H,5-14H2,1-4H3. The molecule has 2 aliphatic rings. The van der Waals surface area contributed by atoms with Gasteiger partial charge in [-0.1, -0.05) is 33.6 Å². The van der Waals surface area contributed by atoms with E-state index in [1.54, 1.807) is 0 Å². The Kier molecular flexibility index (Phi) is 5.88. The number of rotatable bonds is 5. The predicted molar refractivity (Wildman–Crippen MR) is 87.1 cm³/mol. The van der Waals surface area contributed by atoms with Crippen LogP contribution in [0.2, 0.25) is 0 Å². The van der Waals surface area contributed by atoms with E-state index < -0.39 is 0 Å². The molecule has 20 heavy (non-hydrogen) atoms. The largest absolute Gasteiger partial charge is 0.314 e. The number of piperazine rings is 1. The quantitative estimate of drug-likeness (QED) is 0.835. The average Bonchev–Trinajstić information content (AvgIpc) is 2.43. The van der Waals surface area contributed by atoms with Crippen molar-refractivity contribution in [2.45, 2.75) is 52.5 Å². The second-order valence-electron chi connectivity index (χ2n) is 7.80. The summed E-state index contributed by atoms with van der Waals surface area (Å²) in [6.45, 7) is 14.5. The highest BCUT2D eigenvalue weighted by Gasteiger charge is 2.36. The fraction of sp³-hybridized carbons (Fsp3) is 1.00. The molecule has 0 amide bonds. The van der Waals surface area contributed by atoms with Gasteiger partial charge in [0.05, 0.1) is 0 Å². The molecule has 0 bridgehead atoms. The summed E-state index contributed by atoms with van der Waals surface area (Å²) in [6.07, 6.45) is 5.68. The van der Waals surface area contributed by atoms with Gasteiger partial charge in [0.15, 0.2) is 0 Å². The molecular formula is C17H35N3. The SMILES string of the molecule is CC1CCC(CNC(C)C)(CN2CCN(C)CC2)CC1. The Morgan fingerprint density at radius 1 is 1.10 bits per heavy atom. The maximum Gasteiger partial charge on any atom is 0.0110 e. The minimum absolute atomic E-state index is 0.534.